The van der Waals surface area contributed by atoms with E-state index in [1.807, 2.05) is 54.6 Å². The van der Waals surface area contributed by atoms with Crippen LogP contribution in [0.2, 0.25) is 0 Å². The summed E-state index contributed by atoms with van der Waals surface area (Å²) < 4.78 is 17.9. The molecule has 8 nitrogen and oxygen atoms in total. The number of aliphatic hydroxyl groups is 1. The Morgan fingerprint density at radius 1 is 1.08 bits per heavy atom. The van der Waals surface area contributed by atoms with E-state index in [0.717, 1.165) is 21.7 Å². The first-order valence-corrected chi connectivity index (χ1v) is 13.4. The number of anilines is 1. The first-order chi connectivity index (χ1) is 18.3. The molecule has 1 aromatic heterocycles. The molecule has 4 rings (SSSR count). The Labute approximate surface area is 226 Å². The second kappa shape index (κ2) is 13.0. The number of hydrogen-bond donors (Lipinski definition) is 2. The van der Waals surface area contributed by atoms with Crippen molar-refractivity contribution >= 4 is 29.3 Å². The van der Waals surface area contributed by atoms with Crippen LogP contribution >= 0.6 is 11.8 Å². The lowest BCUT2D eigenvalue weighted by Gasteiger charge is -2.41. The number of benzene rings is 2. The van der Waals surface area contributed by atoms with Crippen molar-refractivity contribution < 1.29 is 28.9 Å². The molecule has 3 aromatic rings. The molecular weight excluding hydrogens is 504 g/mol. The van der Waals surface area contributed by atoms with Crippen LogP contribution in [0.1, 0.15) is 49.9 Å². The minimum Gasteiger partial charge on any atom is -0.453 e. The first-order valence-electron chi connectivity index (χ1n) is 12.5. The van der Waals surface area contributed by atoms with Gasteiger partial charge in [0.2, 0.25) is 0 Å². The summed E-state index contributed by atoms with van der Waals surface area (Å²) in [5.41, 5.74) is 3.12. The Morgan fingerprint density at radius 3 is 2.55 bits per heavy atom. The van der Waals surface area contributed by atoms with Gasteiger partial charge in [0.1, 0.15) is 0 Å². The maximum Gasteiger partial charge on any atom is 0.303 e. The van der Waals surface area contributed by atoms with Crippen molar-refractivity contribution in [3.05, 3.63) is 89.6 Å². The van der Waals surface area contributed by atoms with Crippen LogP contribution < -0.4 is 5.32 Å². The molecule has 0 radical (unpaired) electrons. The third kappa shape index (κ3) is 7.20. The van der Waals surface area contributed by atoms with Crippen LogP contribution in [0.15, 0.2) is 78.0 Å². The molecule has 2 heterocycles. The molecule has 1 aliphatic heterocycles. The summed E-state index contributed by atoms with van der Waals surface area (Å²) in [6.45, 7) is 4.87. The lowest BCUT2D eigenvalue weighted by atomic mass is 9.91. The van der Waals surface area contributed by atoms with Gasteiger partial charge in [-0.25, -0.2) is 4.98 Å². The van der Waals surface area contributed by atoms with Crippen molar-refractivity contribution in [3.8, 4) is 0 Å². The topological polar surface area (TPSA) is 107 Å². The second-order valence-corrected chi connectivity index (χ2v) is 10.2. The quantitative estimate of drug-likeness (QED) is 0.289. The highest BCUT2D eigenvalue weighted by Crippen LogP contribution is 2.43. The predicted molar refractivity (Wildman–Crippen MR) is 144 cm³/mol. The molecule has 1 saturated heterocycles. The number of esters is 1. The number of aromatic nitrogens is 1. The van der Waals surface area contributed by atoms with Gasteiger partial charge in [0.15, 0.2) is 12.4 Å². The van der Waals surface area contributed by atoms with Crippen molar-refractivity contribution in [1.29, 1.82) is 0 Å². The van der Waals surface area contributed by atoms with Gasteiger partial charge in [-0.3, -0.25) is 9.59 Å². The molecule has 1 amide bonds. The summed E-state index contributed by atoms with van der Waals surface area (Å²) in [4.78, 5) is 28.1. The van der Waals surface area contributed by atoms with Gasteiger partial charge in [0.25, 0.3) is 5.91 Å². The van der Waals surface area contributed by atoms with E-state index in [0.29, 0.717) is 11.4 Å². The number of hydrogen-bond acceptors (Lipinski definition) is 8. The minimum atomic E-state index is -0.918. The molecule has 9 heteroatoms. The summed E-state index contributed by atoms with van der Waals surface area (Å²) in [6.07, 6.45) is -0.222. The highest BCUT2D eigenvalue weighted by atomic mass is 32.2. The summed E-state index contributed by atoms with van der Waals surface area (Å²) in [6, 6.07) is 20.8. The monoisotopic (exact) mass is 536 g/mol. The van der Waals surface area contributed by atoms with Crippen LogP contribution in [-0.2, 0) is 30.4 Å². The molecule has 0 aliphatic carbocycles. The number of thioether (sulfide) groups is 1. The molecule has 38 heavy (non-hydrogen) atoms. The number of rotatable bonds is 9. The molecule has 0 bridgehead atoms. The zero-order valence-electron chi connectivity index (χ0n) is 21.6. The van der Waals surface area contributed by atoms with Gasteiger partial charge in [0, 0.05) is 36.0 Å². The summed E-state index contributed by atoms with van der Waals surface area (Å²) in [5.74, 6) is -0.232. The molecule has 0 unspecified atom stereocenters. The summed E-state index contributed by atoms with van der Waals surface area (Å²) in [7, 11) is 0. The molecular formula is C29H32N2O6S. The highest BCUT2D eigenvalue weighted by molar-refractivity contribution is 7.99. The van der Waals surface area contributed by atoms with E-state index in [4.69, 9.17) is 14.2 Å². The van der Waals surface area contributed by atoms with Crippen LogP contribution in [0.4, 0.5) is 5.69 Å². The zero-order valence-corrected chi connectivity index (χ0v) is 22.4. The number of pyridine rings is 1. The van der Waals surface area contributed by atoms with Crippen LogP contribution in [0.5, 0.6) is 0 Å². The van der Waals surface area contributed by atoms with Gasteiger partial charge in [0.05, 0.1) is 23.8 Å². The number of aliphatic hydroxyl groups excluding tert-OH is 1. The fraction of sp³-hybridized carbons (Fsp3) is 0.345. The fourth-order valence-electron chi connectivity index (χ4n) is 4.22. The molecule has 200 valence electrons. The van der Waals surface area contributed by atoms with E-state index in [9.17, 15) is 14.7 Å². The number of amides is 1. The van der Waals surface area contributed by atoms with Gasteiger partial charge in [-0.2, -0.15) is 0 Å². The Bertz CT molecular complexity index is 1220. The third-order valence-electron chi connectivity index (χ3n) is 6.29. The molecule has 0 saturated carbocycles. The van der Waals surface area contributed by atoms with E-state index in [1.54, 1.807) is 30.1 Å². The van der Waals surface area contributed by atoms with E-state index in [2.05, 4.69) is 17.2 Å². The van der Waals surface area contributed by atoms with Crippen LogP contribution in [0.3, 0.4) is 0 Å². The molecule has 5 atom stereocenters. The highest BCUT2D eigenvalue weighted by Gasteiger charge is 2.38. The van der Waals surface area contributed by atoms with Crippen molar-refractivity contribution in [2.45, 2.75) is 57.0 Å². The average molecular weight is 537 g/mol. The maximum atomic E-state index is 12.5. The lowest BCUT2D eigenvalue weighted by Crippen LogP contribution is -2.38. The SMILES string of the molecule is CC(=O)O[C@@H](C)C(=O)Nc1cccc([C@H]2O[C@@H](CSc3ccccn3)[C@@H](C)[C@@H](c3ccc(CO)cc3)O2)c1. The molecule has 1 aliphatic rings. The number of nitrogens with zero attached hydrogens (tertiary/aromatic N) is 1. The Morgan fingerprint density at radius 2 is 1.87 bits per heavy atom. The first kappa shape index (κ1) is 27.8. The minimum absolute atomic E-state index is 0.0228. The molecule has 2 N–H and O–H groups in total. The molecule has 1 fully saturated rings. The number of carbonyl (C=O) groups excluding carboxylic acids is 2. The largest absolute Gasteiger partial charge is 0.453 e. The van der Waals surface area contributed by atoms with Gasteiger partial charge < -0.3 is 24.6 Å². The van der Waals surface area contributed by atoms with Gasteiger partial charge in [-0.15, -0.1) is 11.8 Å². The summed E-state index contributed by atoms with van der Waals surface area (Å²) in [5, 5.41) is 13.2. The van der Waals surface area contributed by atoms with Crippen molar-refractivity contribution in [2.24, 2.45) is 5.92 Å². The Balaban J connectivity index is 1.56. The van der Waals surface area contributed by atoms with Crippen LogP contribution in [0.25, 0.3) is 0 Å². The maximum absolute atomic E-state index is 12.5. The number of ether oxygens (including phenoxy) is 3. The smallest absolute Gasteiger partial charge is 0.303 e. The molecule has 2 aromatic carbocycles. The van der Waals surface area contributed by atoms with Crippen molar-refractivity contribution in [2.75, 3.05) is 11.1 Å². The molecule has 0 spiro atoms. The van der Waals surface area contributed by atoms with Gasteiger partial charge >= 0.3 is 5.97 Å². The van der Waals surface area contributed by atoms with Crippen LogP contribution in [-0.4, -0.2) is 39.9 Å². The standard InChI is InChI=1S/C29H32N2O6S/c1-18-25(17-38-26-9-4-5-14-30-26)36-29(37-27(18)22-12-10-21(16-32)11-13-22)23-7-6-8-24(15-23)31-28(34)19(2)35-20(3)33/h4-15,18-19,25,27,29,32H,16-17H2,1-3H3,(H,31,34)/t18-,19+,25+,27+,29+/m1/s1. The second-order valence-electron chi connectivity index (χ2n) is 9.17. The lowest BCUT2D eigenvalue weighted by molar-refractivity contribution is -0.268. The van der Waals surface area contributed by atoms with Gasteiger partial charge in [-0.1, -0.05) is 49.4 Å². The Kier molecular flexibility index (Phi) is 9.52. The van der Waals surface area contributed by atoms with E-state index in [-0.39, 0.29) is 24.7 Å². The third-order valence-corrected chi connectivity index (χ3v) is 7.33. The average Bonchev–Trinajstić information content (AvgIpc) is 2.93. The number of carbonyl (C=O) groups is 2. The zero-order chi connectivity index (χ0) is 27.1. The summed E-state index contributed by atoms with van der Waals surface area (Å²) >= 11 is 1.63. The normalized spacial score (nSPS) is 21.9. The van der Waals surface area contributed by atoms with Crippen LogP contribution in [0, 0.1) is 5.92 Å². The van der Waals surface area contributed by atoms with E-state index in [1.165, 1.54) is 13.8 Å². The van der Waals surface area contributed by atoms with Crippen molar-refractivity contribution in [1.82, 2.24) is 4.98 Å². The van der Waals surface area contributed by atoms with E-state index >= 15 is 0 Å². The Hall–Kier alpha value is -3.24. The van der Waals surface area contributed by atoms with E-state index < -0.39 is 24.3 Å². The van der Waals surface area contributed by atoms with Gasteiger partial charge in [-0.05, 0) is 42.3 Å². The van der Waals surface area contributed by atoms with Crippen molar-refractivity contribution in [3.63, 3.8) is 0 Å². The predicted octanol–water partition coefficient (Wildman–Crippen LogP) is 5.05. The number of nitrogens with one attached hydrogen (secondary N) is 1. The fourth-order valence-corrected chi connectivity index (χ4v) is 5.25.